The highest BCUT2D eigenvalue weighted by Crippen LogP contribution is 2.09. The standard InChI is InChI=1S/C10H12N4O/c1-3-7-6-9(15)12-10(11-7)8-4-5-14(2)13-8/h4-6H,3H2,1-2H3,(H,11,12,15). The van der Waals surface area contributed by atoms with Crippen LogP contribution in [0.15, 0.2) is 23.1 Å². The Morgan fingerprint density at radius 1 is 1.53 bits per heavy atom. The highest BCUT2D eigenvalue weighted by molar-refractivity contribution is 5.47. The Labute approximate surface area is 86.8 Å². The van der Waals surface area contributed by atoms with Crippen molar-refractivity contribution in [2.75, 3.05) is 0 Å². The van der Waals surface area contributed by atoms with Crippen LogP contribution < -0.4 is 5.56 Å². The minimum atomic E-state index is -0.137. The van der Waals surface area contributed by atoms with Crippen molar-refractivity contribution in [1.82, 2.24) is 19.7 Å². The Morgan fingerprint density at radius 3 is 2.93 bits per heavy atom. The lowest BCUT2D eigenvalue weighted by atomic mass is 10.3. The van der Waals surface area contributed by atoms with Crippen LogP contribution in [-0.4, -0.2) is 19.7 Å². The second-order valence-electron chi connectivity index (χ2n) is 3.31. The second kappa shape index (κ2) is 3.68. The van der Waals surface area contributed by atoms with Crippen molar-refractivity contribution < 1.29 is 0 Å². The highest BCUT2D eigenvalue weighted by Gasteiger charge is 2.05. The number of aryl methyl sites for hydroxylation is 2. The lowest BCUT2D eigenvalue weighted by molar-refractivity contribution is 0.767. The van der Waals surface area contributed by atoms with Crippen LogP contribution in [0, 0.1) is 0 Å². The predicted molar refractivity (Wildman–Crippen MR) is 56.4 cm³/mol. The molecular formula is C10H12N4O. The van der Waals surface area contributed by atoms with E-state index in [1.165, 1.54) is 6.07 Å². The summed E-state index contributed by atoms with van der Waals surface area (Å²) >= 11 is 0. The summed E-state index contributed by atoms with van der Waals surface area (Å²) < 4.78 is 1.67. The van der Waals surface area contributed by atoms with Crippen LogP contribution in [0.4, 0.5) is 0 Å². The molecule has 5 heteroatoms. The van der Waals surface area contributed by atoms with Gasteiger partial charge in [-0.3, -0.25) is 9.48 Å². The quantitative estimate of drug-likeness (QED) is 0.784. The van der Waals surface area contributed by atoms with E-state index in [0.717, 1.165) is 12.1 Å². The Kier molecular flexibility index (Phi) is 2.37. The van der Waals surface area contributed by atoms with Gasteiger partial charge in [0.1, 0.15) is 5.69 Å². The fourth-order valence-electron chi connectivity index (χ4n) is 1.35. The Morgan fingerprint density at radius 2 is 2.33 bits per heavy atom. The topological polar surface area (TPSA) is 63.6 Å². The Hall–Kier alpha value is -1.91. The lowest BCUT2D eigenvalue weighted by Crippen LogP contribution is -2.10. The zero-order valence-electron chi connectivity index (χ0n) is 8.69. The summed E-state index contributed by atoms with van der Waals surface area (Å²) in [5.41, 5.74) is 1.33. The summed E-state index contributed by atoms with van der Waals surface area (Å²) in [7, 11) is 1.82. The first-order chi connectivity index (χ1) is 7.19. The van der Waals surface area contributed by atoms with Crippen LogP contribution in [-0.2, 0) is 13.5 Å². The molecule has 0 saturated carbocycles. The summed E-state index contributed by atoms with van der Waals surface area (Å²) in [5, 5.41) is 4.18. The van der Waals surface area contributed by atoms with Gasteiger partial charge in [0, 0.05) is 25.0 Å². The first-order valence-electron chi connectivity index (χ1n) is 4.79. The number of rotatable bonds is 2. The molecule has 0 aliphatic carbocycles. The van der Waals surface area contributed by atoms with E-state index in [4.69, 9.17) is 0 Å². The molecule has 0 unspecified atom stereocenters. The smallest absolute Gasteiger partial charge is 0.251 e. The number of nitrogens with zero attached hydrogens (tertiary/aromatic N) is 3. The van der Waals surface area contributed by atoms with Gasteiger partial charge in [-0.2, -0.15) is 5.10 Å². The molecule has 2 rings (SSSR count). The van der Waals surface area contributed by atoms with Gasteiger partial charge in [0.15, 0.2) is 5.82 Å². The number of hydrogen-bond acceptors (Lipinski definition) is 3. The van der Waals surface area contributed by atoms with Gasteiger partial charge in [0.2, 0.25) is 0 Å². The third-order valence-electron chi connectivity index (χ3n) is 2.11. The normalized spacial score (nSPS) is 10.5. The van der Waals surface area contributed by atoms with E-state index in [1.807, 2.05) is 26.2 Å². The summed E-state index contributed by atoms with van der Waals surface area (Å²) in [6.45, 7) is 1.96. The van der Waals surface area contributed by atoms with Crippen LogP contribution in [0.5, 0.6) is 0 Å². The van der Waals surface area contributed by atoms with E-state index < -0.39 is 0 Å². The van der Waals surface area contributed by atoms with Crippen molar-refractivity contribution in [2.24, 2.45) is 7.05 Å². The van der Waals surface area contributed by atoms with Crippen LogP contribution in [0.2, 0.25) is 0 Å². The van der Waals surface area contributed by atoms with E-state index in [9.17, 15) is 4.79 Å². The molecule has 0 atom stereocenters. The molecule has 0 fully saturated rings. The van der Waals surface area contributed by atoms with Gasteiger partial charge in [-0.05, 0) is 12.5 Å². The minimum Gasteiger partial charge on any atom is -0.305 e. The highest BCUT2D eigenvalue weighted by atomic mass is 16.1. The number of H-pyrrole nitrogens is 1. The average molecular weight is 204 g/mol. The SMILES string of the molecule is CCc1cc(=O)[nH]c(-c2ccn(C)n2)n1. The fraction of sp³-hybridized carbons (Fsp3) is 0.300. The predicted octanol–water partition coefficient (Wildman–Crippen LogP) is 0.733. The Balaban J connectivity index is 2.53. The molecule has 0 amide bonds. The molecule has 5 nitrogen and oxygen atoms in total. The maximum atomic E-state index is 11.3. The van der Waals surface area contributed by atoms with Crippen molar-refractivity contribution in [2.45, 2.75) is 13.3 Å². The van der Waals surface area contributed by atoms with Gasteiger partial charge >= 0.3 is 0 Å². The maximum Gasteiger partial charge on any atom is 0.251 e. The van der Waals surface area contributed by atoms with Gasteiger partial charge in [-0.15, -0.1) is 0 Å². The van der Waals surface area contributed by atoms with E-state index in [0.29, 0.717) is 11.5 Å². The maximum absolute atomic E-state index is 11.3. The minimum absolute atomic E-state index is 0.137. The summed E-state index contributed by atoms with van der Waals surface area (Å²) in [5.74, 6) is 0.528. The second-order valence-corrected chi connectivity index (χ2v) is 3.31. The molecule has 0 radical (unpaired) electrons. The summed E-state index contributed by atoms with van der Waals surface area (Å²) in [4.78, 5) is 18.3. The molecular weight excluding hydrogens is 192 g/mol. The number of hydrogen-bond donors (Lipinski definition) is 1. The molecule has 0 bridgehead atoms. The van der Waals surface area contributed by atoms with Crippen molar-refractivity contribution in [3.8, 4) is 11.5 Å². The van der Waals surface area contributed by atoms with E-state index in [1.54, 1.807) is 4.68 Å². The lowest BCUT2D eigenvalue weighted by Gasteiger charge is -1.98. The van der Waals surface area contributed by atoms with Crippen molar-refractivity contribution in [3.63, 3.8) is 0 Å². The van der Waals surface area contributed by atoms with E-state index in [2.05, 4.69) is 15.1 Å². The number of nitrogens with one attached hydrogen (secondary N) is 1. The van der Waals surface area contributed by atoms with E-state index >= 15 is 0 Å². The zero-order chi connectivity index (χ0) is 10.8. The molecule has 78 valence electrons. The third kappa shape index (κ3) is 1.96. The van der Waals surface area contributed by atoms with Crippen LogP contribution in [0.1, 0.15) is 12.6 Å². The zero-order valence-corrected chi connectivity index (χ0v) is 8.69. The molecule has 2 aromatic rings. The average Bonchev–Trinajstić information content (AvgIpc) is 2.64. The monoisotopic (exact) mass is 204 g/mol. The largest absolute Gasteiger partial charge is 0.305 e. The van der Waals surface area contributed by atoms with Crippen molar-refractivity contribution in [1.29, 1.82) is 0 Å². The van der Waals surface area contributed by atoms with Crippen LogP contribution >= 0.6 is 0 Å². The van der Waals surface area contributed by atoms with Gasteiger partial charge in [0.05, 0.1) is 0 Å². The van der Waals surface area contributed by atoms with Gasteiger partial charge < -0.3 is 4.98 Å². The van der Waals surface area contributed by atoms with Crippen LogP contribution in [0.25, 0.3) is 11.5 Å². The van der Waals surface area contributed by atoms with Crippen LogP contribution in [0.3, 0.4) is 0 Å². The first kappa shape index (κ1) is 9.64. The third-order valence-corrected chi connectivity index (χ3v) is 2.11. The van der Waals surface area contributed by atoms with Gasteiger partial charge in [-0.25, -0.2) is 4.98 Å². The molecule has 0 saturated heterocycles. The number of aromatic nitrogens is 4. The van der Waals surface area contributed by atoms with Crippen molar-refractivity contribution in [3.05, 3.63) is 34.4 Å². The Bertz CT molecular complexity index is 526. The fourth-order valence-corrected chi connectivity index (χ4v) is 1.35. The molecule has 1 N–H and O–H groups in total. The summed E-state index contributed by atoms with van der Waals surface area (Å²) in [6, 6.07) is 3.32. The number of aromatic amines is 1. The molecule has 2 heterocycles. The molecule has 2 aromatic heterocycles. The first-order valence-corrected chi connectivity index (χ1v) is 4.79. The molecule has 15 heavy (non-hydrogen) atoms. The molecule has 0 aromatic carbocycles. The van der Waals surface area contributed by atoms with Gasteiger partial charge in [-0.1, -0.05) is 6.92 Å². The molecule has 0 spiro atoms. The van der Waals surface area contributed by atoms with Gasteiger partial charge in [0.25, 0.3) is 5.56 Å². The summed E-state index contributed by atoms with van der Waals surface area (Å²) in [6.07, 6.45) is 2.55. The molecule has 0 aliphatic rings. The molecule has 0 aliphatic heterocycles. The van der Waals surface area contributed by atoms with E-state index in [-0.39, 0.29) is 5.56 Å². The van der Waals surface area contributed by atoms with Crippen molar-refractivity contribution >= 4 is 0 Å².